The first-order chi connectivity index (χ1) is 12.5. The first-order valence-corrected chi connectivity index (χ1v) is 8.09. The second kappa shape index (κ2) is 7.66. The van der Waals surface area contributed by atoms with E-state index in [1.807, 2.05) is 14.1 Å². The van der Waals surface area contributed by atoms with E-state index in [0.29, 0.717) is 13.1 Å². The number of ether oxygens (including phenoxy) is 1. The summed E-state index contributed by atoms with van der Waals surface area (Å²) in [6, 6.07) is 6.45. The van der Waals surface area contributed by atoms with Crippen LogP contribution in [0.5, 0.6) is 5.88 Å². The molecule has 1 saturated heterocycles. The van der Waals surface area contributed by atoms with Crippen molar-refractivity contribution in [2.75, 3.05) is 31.1 Å². The minimum absolute atomic E-state index is 0.0230. The second-order valence-corrected chi connectivity index (χ2v) is 6.08. The van der Waals surface area contributed by atoms with Crippen LogP contribution >= 0.6 is 0 Å². The van der Waals surface area contributed by atoms with Gasteiger partial charge in [0.2, 0.25) is 0 Å². The molecule has 0 amide bonds. The number of piperazine rings is 1. The van der Waals surface area contributed by atoms with E-state index < -0.39 is 17.5 Å². The summed E-state index contributed by atoms with van der Waals surface area (Å²) in [6.07, 6.45) is 0. The molecular weight excluding hydrogens is 344 g/mol. The van der Waals surface area contributed by atoms with Crippen molar-refractivity contribution in [3.63, 3.8) is 0 Å². The molecule has 9 heteroatoms. The predicted molar refractivity (Wildman–Crippen MR) is 91.9 cm³/mol. The molecule has 0 unspecified atom stereocenters. The number of hydrogen-bond acceptors (Lipinski definition) is 5. The lowest BCUT2D eigenvalue weighted by Gasteiger charge is -2.33. The number of benzene rings is 1. The molecule has 5 nitrogen and oxygen atoms in total. The van der Waals surface area contributed by atoms with Gasteiger partial charge in [-0.2, -0.15) is 10.2 Å². The van der Waals surface area contributed by atoms with Gasteiger partial charge < -0.3 is 14.4 Å². The zero-order chi connectivity index (χ0) is 18.7. The Bertz CT molecular complexity index is 851. The molecule has 0 atom stereocenters. The maximum atomic E-state index is 14.1. The minimum atomic E-state index is -0.950. The Morgan fingerprint density at radius 2 is 1.81 bits per heavy atom. The average molecular weight is 360 g/mol. The van der Waals surface area contributed by atoms with Crippen LogP contribution in [-0.2, 0) is 6.61 Å². The van der Waals surface area contributed by atoms with Crippen molar-refractivity contribution in [1.29, 1.82) is 5.26 Å². The molecule has 1 aliphatic rings. The molecule has 0 N–H and O–H groups in total. The van der Waals surface area contributed by atoms with Crippen molar-refractivity contribution in [3.05, 3.63) is 52.8 Å². The van der Waals surface area contributed by atoms with Crippen LogP contribution in [0, 0.1) is 28.8 Å². The first kappa shape index (κ1) is 18.1. The molecule has 1 fully saturated rings. The van der Waals surface area contributed by atoms with Crippen LogP contribution in [0.1, 0.15) is 11.1 Å². The third-order valence-corrected chi connectivity index (χ3v) is 4.23. The quantitative estimate of drug-likeness (QED) is 0.776. The van der Waals surface area contributed by atoms with E-state index in [0.717, 1.165) is 25.2 Å². The van der Waals surface area contributed by atoms with Crippen molar-refractivity contribution in [2.45, 2.75) is 6.61 Å². The SMILES string of the molecule is BN1CCN(c2nc(OCc3ccc(C#N)cc3F)c(F)cc2F)CC1. The van der Waals surface area contributed by atoms with Gasteiger partial charge in [-0.25, -0.2) is 13.2 Å². The number of rotatable bonds is 4. The summed E-state index contributed by atoms with van der Waals surface area (Å²) in [5.74, 6) is -2.71. The van der Waals surface area contributed by atoms with E-state index in [1.165, 1.54) is 12.1 Å². The van der Waals surface area contributed by atoms with Crippen LogP contribution in [0.3, 0.4) is 0 Å². The zero-order valence-electron chi connectivity index (χ0n) is 14.2. The highest BCUT2D eigenvalue weighted by Crippen LogP contribution is 2.25. The molecule has 134 valence electrons. The van der Waals surface area contributed by atoms with Crippen molar-refractivity contribution in [2.24, 2.45) is 0 Å². The summed E-state index contributed by atoms with van der Waals surface area (Å²) in [5, 5.41) is 8.74. The molecule has 3 rings (SSSR count). The molecule has 26 heavy (non-hydrogen) atoms. The van der Waals surface area contributed by atoms with Gasteiger partial charge in [-0.05, 0) is 12.1 Å². The van der Waals surface area contributed by atoms with Crippen LogP contribution in [-0.4, -0.2) is 44.0 Å². The third kappa shape index (κ3) is 3.91. The maximum absolute atomic E-state index is 14.1. The highest BCUT2D eigenvalue weighted by atomic mass is 19.1. The van der Waals surface area contributed by atoms with Gasteiger partial charge in [-0.15, -0.1) is 0 Å². The highest BCUT2D eigenvalue weighted by Gasteiger charge is 2.21. The highest BCUT2D eigenvalue weighted by molar-refractivity contribution is 6.04. The number of aromatic nitrogens is 1. The lowest BCUT2D eigenvalue weighted by molar-refractivity contribution is 0.270. The Morgan fingerprint density at radius 1 is 1.08 bits per heavy atom. The van der Waals surface area contributed by atoms with Gasteiger partial charge in [0.15, 0.2) is 25.4 Å². The standard InChI is InChI=1S/C17H16BF3N4O/c18-25-5-3-24(4-6-25)16-14(20)8-15(21)17(23-16)26-10-12-2-1-11(9-22)7-13(12)19/h1-2,7-8H,3-6,10,18H2. The minimum Gasteiger partial charge on any atom is -0.471 e. The second-order valence-electron chi connectivity index (χ2n) is 6.08. The van der Waals surface area contributed by atoms with E-state index in [4.69, 9.17) is 10.00 Å². The van der Waals surface area contributed by atoms with E-state index in [2.05, 4.69) is 9.79 Å². The summed E-state index contributed by atoms with van der Waals surface area (Å²) in [6.45, 7) is 2.33. The molecule has 0 radical (unpaired) electrons. The van der Waals surface area contributed by atoms with E-state index in [-0.39, 0.29) is 29.4 Å². The molecule has 0 saturated carbocycles. The third-order valence-electron chi connectivity index (χ3n) is 4.23. The van der Waals surface area contributed by atoms with Gasteiger partial charge in [-0.1, -0.05) is 6.07 Å². The predicted octanol–water partition coefficient (Wildman–Crippen LogP) is 1.62. The van der Waals surface area contributed by atoms with Crippen LogP contribution < -0.4 is 9.64 Å². The number of hydrogen-bond donors (Lipinski definition) is 0. The fourth-order valence-electron chi connectivity index (χ4n) is 2.66. The van der Waals surface area contributed by atoms with E-state index >= 15 is 0 Å². The van der Waals surface area contributed by atoms with E-state index in [1.54, 1.807) is 4.90 Å². The topological polar surface area (TPSA) is 52.4 Å². The lowest BCUT2D eigenvalue weighted by Crippen LogP contribution is -2.45. The van der Waals surface area contributed by atoms with Crippen molar-refractivity contribution < 1.29 is 17.9 Å². The lowest BCUT2D eigenvalue weighted by atomic mass is 10.1. The molecule has 0 aliphatic carbocycles. The number of anilines is 1. The van der Waals surface area contributed by atoms with E-state index in [9.17, 15) is 13.2 Å². The fraction of sp³-hybridized carbons (Fsp3) is 0.294. The monoisotopic (exact) mass is 360 g/mol. The normalized spacial score (nSPS) is 14.9. The summed E-state index contributed by atoms with van der Waals surface area (Å²) in [4.78, 5) is 7.79. The Morgan fingerprint density at radius 3 is 2.46 bits per heavy atom. The molecule has 2 aromatic rings. The molecule has 0 bridgehead atoms. The summed E-state index contributed by atoms with van der Waals surface area (Å²) >= 11 is 0. The largest absolute Gasteiger partial charge is 0.471 e. The Balaban J connectivity index is 1.78. The van der Waals surface area contributed by atoms with Gasteiger partial charge in [0, 0.05) is 37.8 Å². The summed E-state index contributed by atoms with van der Waals surface area (Å²) in [5.41, 5.74) is 0.324. The van der Waals surface area contributed by atoms with Crippen LogP contribution in [0.2, 0.25) is 0 Å². The Hall–Kier alpha value is -2.73. The Kier molecular flexibility index (Phi) is 5.33. The molecule has 2 heterocycles. The van der Waals surface area contributed by atoms with Gasteiger partial charge in [0.25, 0.3) is 5.88 Å². The molecule has 1 aromatic heterocycles. The average Bonchev–Trinajstić information content (AvgIpc) is 2.63. The number of pyridine rings is 1. The van der Waals surface area contributed by atoms with Gasteiger partial charge in [-0.3, -0.25) is 0 Å². The zero-order valence-corrected chi connectivity index (χ0v) is 14.2. The van der Waals surface area contributed by atoms with Crippen LogP contribution in [0.4, 0.5) is 19.0 Å². The number of halogens is 3. The number of nitrogens with zero attached hydrogens (tertiary/aromatic N) is 4. The van der Waals surface area contributed by atoms with Crippen LogP contribution in [0.15, 0.2) is 24.3 Å². The molecule has 1 aromatic carbocycles. The van der Waals surface area contributed by atoms with Gasteiger partial charge in [0.05, 0.1) is 11.6 Å². The first-order valence-electron chi connectivity index (χ1n) is 8.09. The van der Waals surface area contributed by atoms with Crippen molar-refractivity contribution in [1.82, 2.24) is 9.79 Å². The molecular formula is C17H16BF3N4O. The van der Waals surface area contributed by atoms with Gasteiger partial charge >= 0.3 is 0 Å². The van der Waals surface area contributed by atoms with Crippen molar-refractivity contribution >= 4 is 13.8 Å². The summed E-state index contributed by atoms with van der Waals surface area (Å²) in [7, 11) is 1.96. The van der Waals surface area contributed by atoms with Crippen LogP contribution in [0.25, 0.3) is 0 Å². The Labute approximate surface area is 150 Å². The molecule has 1 aliphatic heterocycles. The number of nitriles is 1. The maximum Gasteiger partial charge on any atom is 0.252 e. The fourth-order valence-corrected chi connectivity index (χ4v) is 2.66. The smallest absolute Gasteiger partial charge is 0.252 e. The van der Waals surface area contributed by atoms with Crippen molar-refractivity contribution in [3.8, 4) is 11.9 Å². The summed E-state index contributed by atoms with van der Waals surface area (Å²) < 4.78 is 47.3. The molecule has 0 spiro atoms. The van der Waals surface area contributed by atoms with Gasteiger partial charge in [0.1, 0.15) is 12.4 Å².